The van der Waals surface area contributed by atoms with E-state index in [0.29, 0.717) is 49.7 Å². The van der Waals surface area contributed by atoms with Crippen LogP contribution in [-0.2, 0) is 17.4 Å². The van der Waals surface area contributed by atoms with Gasteiger partial charge in [-0.3, -0.25) is 19.7 Å². The Hall–Kier alpha value is -3.83. The third-order valence-corrected chi connectivity index (χ3v) is 14.2. The number of non-ortho nitro benzene ring substituents is 1. The predicted molar refractivity (Wildman–Crippen MR) is 188 cm³/mol. The zero-order valence-corrected chi connectivity index (χ0v) is 30.3. The molecule has 2 heterocycles. The van der Waals surface area contributed by atoms with Crippen LogP contribution in [0, 0.1) is 17.0 Å². The van der Waals surface area contributed by atoms with Crippen LogP contribution in [0.5, 0.6) is 0 Å². The first-order chi connectivity index (χ1) is 22.2. The molecule has 1 aliphatic heterocycles. The highest BCUT2D eigenvalue weighted by Crippen LogP contribution is 2.37. The summed E-state index contributed by atoms with van der Waals surface area (Å²) < 4.78 is 8.22. The number of benzene rings is 2. The Balaban J connectivity index is 1.75. The fourth-order valence-corrected chi connectivity index (χ4v) is 6.68. The van der Waals surface area contributed by atoms with E-state index in [4.69, 9.17) is 9.52 Å². The van der Waals surface area contributed by atoms with Crippen molar-refractivity contribution in [2.24, 2.45) is 0 Å². The second-order valence-electron chi connectivity index (χ2n) is 14.2. The van der Waals surface area contributed by atoms with Crippen molar-refractivity contribution in [2.75, 3.05) is 19.7 Å². The van der Waals surface area contributed by atoms with E-state index in [0.717, 1.165) is 31.2 Å². The second-order valence-corrected chi connectivity index (χ2v) is 19.0. The molecule has 4 rings (SSSR count). The number of carbonyl (C=O) groups excluding carboxylic acids is 2. The van der Waals surface area contributed by atoms with Gasteiger partial charge in [-0.2, -0.15) is 5.10 Å². The van der Waals surface area contributed by atoms with Gasteiger partial charge in [-0.15, -0.1) is 0 Å². The molecule has 1 aromatic heterocycles. The average molecular weight is 662 g/mol. The number of carbonyl (C=O) groups is 2. The van der Waals surface area contributed by atoms with Gasteiger partial charge >= 0.3 is 0 Å². The lowest BCUT2D eigenvalue weighted by Crippen LogP contribution is -2.50. The minimum Gasteiger partial charge on any atom is -0.415 e. The lowest BCUT2D eigenvalue weighted by Gasteiger charge is -2.41. The Bertz CT molecular complexity index is 1590. The van der Waals surface area contributed by atoms with Gasteiger partial charge in [-0.25, -0.2) is 4.68 Å². The van der Waals surface area contributed by atoms with Crippen LogP contribution in [0.4, 0.5) is 5.69 Å². The molecule has 2 aromatic carbocycles. The predicted octanol–water partition coefficient (Wildman–Crippen LogP) is 7.72. The number of aryl methyl sites for hydroxylation is 1. The van der Waals surface area contributed by atoms with Gasteiger partial charge in [0.25, 0.3) is 17.5 Å². The summed E-state index contributed by atoms with van der Waals surface area (Å²) in [6.45, 7) is 19.0. The Labute approximate surface area is 280 Å². The molecule has 11 heteroatoms. The molecular formula is C36H51N5O5Si. The summed E-state index contributed by atoms with van der Waals surface area (Å²) in [5.74, 6) is -0.489. The zero-order valence-electron chi connectivity index (χ0n) is 29.3. The smallest absolute Gasteiger partial charge is 0.274 e. The molecule has 0 aliphatic carbocycles. The quantitative estimate of drug-likeness (QED) is 0.105. The highest BCUT2D eigenvalue weighted by atomic mass is 28.4. The number of rotatable bonds is 13. The van der Waals surface area contributed by atoms with Crippen molar-refractivity contribution in [3.8, 4) is 5.69 Å². The zero-order chi connectivity index (χ0) is 34.5. The second kappa shape index (κ2) is 14.9. The summed E-state index contributed by atoms with van der Waals surface area (Å²) >= 11 is 0. The number of fused-ring (bicyclic) bond motifs is 1. The minimum absolute atomic E-state index is 0.00293. The summed E-state index contributed by atoms with van der Waals surface area (Å²) in [5, 5.41) is 16.6. The number of nitrogens with zero attached hydrogens (tertiary/aromatic N) is 5. The van der Waals surface area contributed by atoms with Crippen LogP contribution in [0.2, 0.25) is 18.1 Å². The molecule has 2 amide bonds. The van der Waals surface area contributed by atoms with Gasteiger partial charge in [0.2, 0.25) is 0 Å². The molecule has 0 spiro atoms. The molecule has 1 unspecified atom stereocenters. The normalized spacial score (nSPS) is 15.0. The summed E-state index contributed by atoms with van der Waals surface area (Å²) in [7, 11) is -2.13. The average Bonchev–Trinajstić information content (AvgIpc) is 3.43. The molecule has 47 heavy (non-hydrogen) atoms. The maximum atomic E-state index is 14.6. The molecule has 3 aromatic rings. The summed E-state index contributed by atoms with van der Waals surface area (Å²) in [5.41, 5.74) is 3.53. The van der Waals surface area contributed by atoms with E-state index in [2.05, 4.69) is 53.8 Å². The van der Waals surface area contributed by atoms with Crippen molar-refractivity contribution >= 4 is 25.8 Å². The topological polar surface area (TPSA) is 111 Å². The van der Waals surface area contributed by atoms with Gasteiger partial charge in [-0.05, 0) is 67.6 Å². The maximum Gasteiger partial charge on any atom is 0.274 e. The molecule has 0 fully saturated rings. The molecule has 0 N–H and O–H groups in total. The fraction of sp³-hybridized carbons (Fsp3) is 0.528. The third kappa shape index (κ3) is 8.19. The van der Waals surface area contributed by atoms with Crippen LogP contribution in [0.3, 0.4) is 0 Å². The molecule has 0 radical (unpaired) electrons. The van der Waals surface area contributed by atoms with Gasteiger partial charge in [0.1, 0.15) is 0 Å². The Kier molecular flexibility index (Phi) is 11.4. The van der Waals surface area contributed by atoms with Gasteiger partial charge in [0.05, 0.1) is 28.8 Å². The summed E-state index contributed by atoms with van der Waals surface area (Å²) in [6, 6.07) is 13.8. The SMILES string of the molecule is CCCCN(CCCC)C(=O)c1cc(C)n(-c2ccc([N+](=O)[O-])cc2C(=O)N2Cc3ccccc3CC2CO[Si](C)(C)C(C)(C)C)n1. The molecule has 0 saturated carbocycles. The minimum atomic E-state index is -2.13. The van der Waals surface area contributed by atoms with Crippen LogP contribution in [0.1, 0.15) is 98.0 Å². The van der Waals surface area contributed by atoms with Gasteiger partial charge in [-0.1, -0.05) is 71.7 Å². The molecular weight excluding hydrogens is 611 g/mol. The van der Waals surface area contributed by atoms with Crippen molar-refractivity contribution < 1.29 is 18.9 Å². The van der Waals surface area contributed by atoms with E-state index in [1.54, 1.807) is 21.7 Å². The first kappa shape index (κ1) is 36.0. The first-order valence-electron chi connectivity index (χ1n) is 16.8. The van der Waals surface area contributed by atoms with Crippen LogP contribution in [-0.4, -0.2) is 70.4 Å². The van der Waals surface area contributed by atoms with Crippen LogP contribution in [0.25, 0.3) is 5.69 Å². The lowest BCUT2D eigenvalue weighted by molar-refractivity contribution is -0.384. The van der Waals surface area contributed by atoms with Crippen molar-refractivity contribution in [3.05, 3.63) is 86.7 Å². The highest BCUT2D eigenvalue weighted by molar-refractivity contribution is 6.74. The Morgan fingerprint density at radius 3 is 2.28 bits per heavy atom. The molecule has 10 nitrogen and oxygen atoms in total. The first-order valence-corrected chi connectivity index (χ1v) is 19.8. The monoisotopic (exact) mass is 661 g/mol. The van der Waals surface area contributed by atoms with Crippen LogP contribution >= 0.6 is 0 Å². The van der Waals surface area contributed by atoms with Crippen LogP contribution < -0.4 is 0 Å². The summed E-state index contributed by atoms with van der Waals surface area (Å²) in [4.78, 5) is 43.4. The van der Waals surface area contributed by atoms with Crippen molar-refractivity contribution in [1.29, 1.82) is 0 Å². The van der Waals surface area contributed by atoms with Crippen molar-refractivity contribution in [1.82, 2.24) is 19.6 Å². The van der Waals surface area contributed by atoms with Crippen LogP contribution in [0.15, 0.2) is 48.5 Å². The Morgan fingerprint density at radius 2 is 1.68 bits per heavy atom. The van der Waals surface area contributed by atoms with E-state index in [-0.39, 0.29) is 34.1 Å². The summed E-state index contributed by atoms with van der Waals surface area (Å²) in [6.07, 6.45) is 4.36. The number of amides is 2. The van der Waals surface area contributed by atoms with E-state index >= 15 is 0 Å². The standard InChI is InChI=1S/C36H51N5O5Si/c1-9-11-19-38(20-12-10-2)35(43)32-21-26(3)40(37-32)33-18-17-29(41(44)45)23-31(33)34(42)39-24-28-16-14-13-15-27(28)22-30(39)25-46-47(7,8)36(4,5)6/h13-18,21,23,30H,9-12,19-20,22,24-25H2,1-8H3. The number of aromatic nitrogens is 2. The van der Waals surface area contributed by atoms with E-state index < -0.39 is 13.2 Å². The van der Waals surface area contributed by atoms with Crippen molar-refractivity contribution in [2.45, 2.75) is 104 Å². The maximum absolute atomic E-state index is 14.6. The fourth-order valence-electron chi connectivity index (χ4n) is 5.64. The number of nitro groups is 1. The number of hydrogen-bond acceptors (Lipinski definition) is 6. The third-order valence-electron chi connectivity index (χ3n) is 9.67. The van der Waals surface area contributed by atoms with Gasteiger partial charge in [0.15, 0.2) is 14.0 Å². The van der Waals surface area contributed by atoms with Gasteiger partial charge < -0.3 is 14.2 Å². The number of unbranched alkanes of at least 4 members (excludes halogenated alkanes) is 2. The molecule has 1 aliphatic rings. The van der Waals surface area contributed by atoms with Crippen molar-refractivity contribution in [3.63, 3.8) is 0 Å². The molecule has 0 saturated heterocycles. The number of nitro benzene ring substituents is 1. The Morgan fingerprint density at radius 1 is 1.04 bits per heavy atom. The van der Waals surface area contributed by atoms with E-state index in [1.807, 2.05) is 30.0 Å². The highest BCUT2D eigenvalue weighted by Gasteiger charge is 2.40. The largest absolute Gasteiger partial charge is 0.415 e. The van der Waals surface area contributed by atoms with Gasteiger partial charge in [0, 0.05) is 37.5 Å². The van der Waals surface area contributed by atoms with E-state index in [1.165, 1.54) is 17.7 Å². The number of hydrogen-bond donors (Lipinski definition) is 0. The molecule has 0 bridgehead atoms. The molecule has 254 valence electrons. The van der Waals surface area contributed by atoms with E-state index in [9.17, 15) is 19.7 Å². The molecule has 1 atom stereocenters. The lowest BCUT2D eigenvalue weighted by atomic mass is 9.93.